The van der Waals surface area contributed by atoms with Gasteiger partial charge in [-0.15, -0.1) is 0 Å². The lowest BCUT2D eigenvalue weighted by atomic mass is 10.2. The summed E-state index contributed by atoms with van der Waals surface area (Å²) < 4.78 is 0. The maximum atomic E-state index is 9.32. The molecule has 0 saturated heterocycles. The zero-order valence-electron chi connectivity index (χ0n) is 15.9. The number of nitrogens with two attached hydrogens (primary N) is 1. The van der Waals surface area contributed by atoms with Crippen molar-refractivity contribution < 1.29 is 10.2 Å². The normalized spacial score (nSPS) is 14.2. The summed E-state index contributed by atoms with van der Waals surface area (Å²) in [4.78, 5) is 4.02. The van der Waals surface area contributed by atoms with E-state index in [-0.39, 0.29) is 24.5 Å². The molecule has 0 aliphatic rings. The van der Waals surface area contributed by atoms with Crippen LogP contribution in [0.25, 0.3) is 0 Å². The standard InChI is InChI=1S/C11H23NO2.C5H14N2.H3N/c1-8(2)11(5)12(6-9(3)13)7-10(4)14;1-4-5(6)7(2)3;/h9-10,13-14H,6-7H2,1-5H3;5H,4,6H2,1-3H3;1H3. The molecule has 6 heteroatoms. The lowest BCUT2D eigenvalue weighted by Crippen LogP contribution is -2.35. The molecule has 136 valence electrons. The monoisotopic (exact) mass is 320 g/mol. The molecule has 22 heavy (non-hydrogen) atoms. The third kappa shape index (κ3) is 14.3. The van der Waals surface area contributed by atoms with E-state index < -0.39 is 0 Å². The molecule has 0 radical (unpaired) electrons. The van der Waals surface area contributed by atoms with E-state index >= 15 is 0 Å². The van der Waals surface area contributed by atoms with Crippen molar-refractivity contribution in [3.05, 3.63) is 11.3 Å². The number of aliphatic hydroxyl groups is 2. The van der Waals surface area contributed by atoms with Gasteiger partial charge in [-0.05, 0) is 55.1 Å². The second kappa shape index (κ2) is 14.0. The number of aliphatic hydroxyl groups excluding tert-OH is 2. The summed E-state index contributed by atoms with van der Waals surface area (Å²) in [6.45, 7) is 12.8. The van der Waals surface area contributed by atoms with Crippen LogP contribution in [-0.2, 0) is 0 Å². The third-order valence-corrected chi connectivity index (χ3v) is 3.25. The van der Waals surface area contributed by atoms with E-state index in [1.54, 1.807) is 13.8 Å². The van der Waals surface area contributed by atoms with Crippen molar-refractivity contribution in [2.75, 3.05) is 27.2 Å². The van der Waals surface area contributed by atoms with Crippen LogP contribution in [0.15, 0.2) is 11.3 Å². The van der Waals surface area contributed by atoms with Crippen LogP contribution in [-0.4, -0.2) is 65.6 Å². The average molecular weight is 321 g/mol. The highest BCUT2D eigenvalue weighted by Crippen LogP contribution is 2.10. The minimum Gasteiger partial charge on any atom is -0.392 e. The van der Waals surface area contributed by atoms with Crippen molar-refractivity contribution in [3.8, 4) is 0 Å². The number of rotatable bonds is 7. The Kier molecular flexibility index (Phi) is 16.7. The molecule has 0 aromatic heterocycles. The summed E-state index contributed by atoms with van der Waals surface area (Å²) in [5.74, 6) is 0. The molecule has 0 aliphatic heterocycles. The van der Waals surface area contributed by atoms with Crippen molar-refractivity contribution in [2.24, 2.45) is 5.73 Å². The highest BCUT2D eigenvalue weighted by atomic mass is 16.3. The first-order chi connectivity index (χ1) is 9.52. The number of hydrogen-bond donors (Lipinski definition) is 4. The van der Waals surface area contributed by atoms with E-state index in [9.17, 15) is 10.2 Å². The van der Waals surface area contributed by atoms with Crippen molar-refractivity contribution in [3.63, 3.8) is 0 Å². The van der Waals surface area contributed by atoms with E-state index in [1.165, 1.54) is 5.57 Å². The van der Waals surface area contributed by atoms with Crippen LogP contribution < -0.4 is 11.9 Å². The van der Waals surface area contributed by atoms with Crippen LogP contribution in [0.2, 0.25) is 0 Å². The summed E-state index contributed by atoms with van der Waals surface area (Å²) in [6, 6.07) is 0. The minimum absolute atomic E-state index is 0. The van der Waals surface area contributed by atoms with Crippen molar-refractivity contribution in [1.29, 1.82) is 0 Å². The molecular formula is C16H40N4O2. The molecule has 0 heterocycles. The van der Waals surface area contributed by atoms with Gasteiger partial charge in [0.2, 0.25) is 0 Å². The van der Waals surface area contributed by atoms with Gasteiger partial charge >= 0.3 is 0 Å². The fraction of sp³-hybridized carbons (Fsp3) is 0.875. The molecule has 6 nitrogen and oxygen atoms in total. The molecule has 0 amide bonds. The van der Waals surface area contributed by atoms with Crippen molar-refractivity contribution in [1.82, 2.24) is 16.0 Å². The van der Waals surface area contributed by atoms with Gasteiger partial charge in [-0.2, -0.15) is 0 Å². The maximum absolute atomic E-state index is 9.32. The van der Waals surface area contributed by atoms with Gasteiger partial charge in [-0.25, -0.2) is 0 Å². The van der Waals surface area contributed by atoms with Crippen molar-refractivity contribution >= 4 is 0 Å². The number of nitrogens with zero attached hydrogens (tertiary/aromatic N) is 2. The molecule has 0 aliphatic carbocycles. The fourth-order valence-electron chi connectivity index (χ4n) is 1.67. The first-order valence-corrected chi connectivity index (χ1v) is 7.69. The number of allylic oxidation sites excluding steroid dienone is 2. The van der Waals surface area contributed by atoms with Gasteiger partial charge in [-0.1, -0.05) is 12.5 Å². The van der Waals surface area contributed by atoms with E-state index in [0.717, 1.165) is 12.1 Å². The van der Waals surface area contributed by atoms with Crippen LogP contribution in [0.5, 0.6) is 0 Å². The van der Waals surface area contributed by atoms with Crippen molar-refractivity contribution in [2.45, 2.75) is 66.3 Å². The molecule has 0 saturated carbocycles. The second-order valence-electron chi connectivity index (χ2n) is 6.13. The van der Waals surface area contributed by atoms with Gasteiger partial charge in [0.1, 0.15) is 0 Å². The van der Waals surface area contributed by atoms with Crippen LogP contribution in [0.1, 0.15) is 48.0 Å². The Labute approximate surface area is 137 Å². The SMILES string of the molecule is CC(C)=C(C)N(CC(C)O)CC(C)O.CCC(N)N(C)C.N. The molecule has 0 aromatic rings. The van der Waals surface area contributed by atoms with Crippen LogP contribution in [0.3, 0.4) is 0 Å². The molecule has 0 fully saturated rings. The largest absolute Gasteiger partial charge is 0.392 e. The smallest absolute Gasteiger partial charge is 0.0686 e. The Bertz CT molecular complexity index is 278. The van der Waals surface area contributed by atoms with Gasteiger partial charge in [0.05, 0.1) is 18.4 Å². The Balaban J connectivity index is -0.000000385. The van der Waals surface area contributed by atoms with E-state index in [0.29, 0.717) is 13.1 Å². The van der Waals surface area contributed by atoms with Gasteiger partial charge in [0, 0.05) is 18.8 Å². The van der Waals surface area contributed by atoms with E-state index in [1.807, 2.05) is 44.7 Å². The van der Waals surface area contributed by atoms with E-state index in [2.05, 4.69) is 6.92 Å². The second-order valence-corrected chi connectivity index (χ2v) is 6.13. The Morgan fingerprint density at radius 3 is 1.50 bits per heavy atom. The summed E-state index contributed by atoms with van der Waals surface area (Å²) >= 11 is 0. The predicted molar refractivity (Wildman–Crippen MR) is 96.0 cm³/mol. The molecule has 3 atom stereocenters. The minimum atomic E-state index is -0.372. The highest BCUT2D eigenvalue weighted by Gasteiger charge is 2.11. The lowest BCUT2D eigenvalue weighted by molar-refractivity contribution is 0.102. The molecule has 0 rings (SSSR count). The molecule has 7 N–H and O–H groups in total. The summed E-state index contributed by atoms with van der Waals surface area (Å²) in [6.07, 6.45) is 0.513. The number of hydrogen-bond acceptors (Lipinski definition) is 6. The first kappa shape index (κ1) is 26.2. The van der Waals surface area contributed by atoms with Gasteiger partial charge in [0.25, 0.3) is 0 Å². The lowest BCUT2D eigenvalue weighted by Gasteiger charge is -2.29. The predicted octanol–water partition coefficient (Wildman–Crippen LogP) is 1.77. The third-order valence-electron chi connectivity index (χ3n) is 3.25. The first-order valence-electron chi connectivity index (χ1n) is 7.69. The topological polar surface area (TPSA) is 108 Å². The Morgan fingerprint density at radius 1 is 1.00 bits per heavy atom. The zero-order chi connectivity index (χ0) is 17.2. The summed E-state index contributed by atoms with van der Waals surface area (Å²) in [7, 11) is 3.96. The van der Waals surface area contributed by atoms with Gasteiger partial charge in [0.15, 0.2) is 0 Å². The molecule has 0 aromatic carbocycles. The Morgan fingerprint density at radius 2 is 1.36 bits per heavy atom. The zero-order valence-corrected chi connectivity index (χ0v) is 15.9. The average Bonchev–Trinajstić information content (AvgIpc) is 2.35. The van der Waals surface area contributed by atoms with Crippen LogP contribution in [0, 0.1) is 0 Å². The molecule has 3 unspecified atom stereocenters. The fourth-order valence-corrected chi connectivity index (χ4v) is 1.67. The van der Waals surface area contributed by atoms with Crippen LogP contribution in [0.4, 0.5) is 0 Å². The maximum Gasteiger partial charge on any atom is 0.0686 e. The van der Waals surface area contributed by atoms with Gasteiger partial charge < -0.3 is 27.0 Å². The molecule has 0 bridgehead atoms. The summed E-state index contributed by atoms with van der Waals surface area (Å²) in [5.41, 5.74) is 7.89. The van der Waals surface area contributed by atoms with E-state index in [4.69, 9.17) is 5.73 Å². The highest BCUT2D eigenvalue weighted by molar-refractivity contribution is 5.06. The molecular weight excluding hydrogens is 280 g/mol. The van der Waals surface area contributed by atoms with Crippen LogP contribution >= 0.6 is 0 Å². The Hall–Kier alpha value is -0.660. The van der Waals surface area contributed by atoms with Gasteiger partial charge in [-0.3, -0.25) is 4.90 Å². The summed E-state index contributed by atoms with van der Waals surface area (Å²) in [5, 5.41) is 18.6. The quantitative estimate of drug-likeness (QED) is 0.532. The molecule has 0 spiro atoms.